The summed E-state index contributed by atoms with van der Waals surface area (Å²) in [5, 5.41) is 0. The molecule has 1 amide bonds. The third-order valence-electron chi connectivity index (χ3n) is 2.17. The molecular formula is C12H24I2N2O2. The van der Waals surface area contributed by atoms with Gasteiger partial charge in [0, 0.05) is 0 Å². The van der Waals surface area contributed by atoms with Gasteiger partial charge in [0.05, 0.1) is 0 Å². The van der Waals surface area contributed by atoms with E-state index in [0.717, 1.165) is 6.42 Å². The van der Waals surface area contributed by atoms with Crippen LogP contribution < -0.4 is 10.9 Å². The highest BCUT2D eigenvalue weighted by Gasteiger charge is 2.31. The minimum absolute atomic E-state index is 0.226. The number of hydrazine groups is 1. The van der Waals surface area contributed by atoms with Gasteiger partial charge >= 0.3 is 6.09 Å². The van der Waals surface area contributed by atoms with E-state index < -0.39 is 11.7 Å². The lowest BCUT2D eigenvalue weighted by molar-refractivity contribution is 0.0491. The normalized spacial score (nSPS) is 14.5. The zero-order valence-electron chi connectivity index (χ0n) is 11.9. The first kappa shape index (κ1) is 18.7. The molecule has 0 saturated carbocycles. The fourth-order valence-electron chi connectivity index (χ4n) is 1.42. The number of carbonyl (C=O) groups excluding carboxylic acids is 1. The number of ether oxygens (including phenoxy) is 1. The van der Waals surface area contributed by atoms with E-state index in [-0.39, 0.29) is 1.55 Å². The molecule has 18 heavy (non-hydrogen) atoms. The summed E-state index contributed by atoms with van der Waals surface area (Å²) in [6.45, 7) is 12.1. The predicted octanol–water partition coefficient (Wildman–Crippen LogP) is 4.22. The van der Waals surface area contributed by atoms with Crippen molar-refractivity contribution in [2.24, 2.45) is 11.8 Å². The molecule has 0 radical (unpaired) electrons. The van der Waals surface area contributed by atoms with Crippen molar-refractivity contribution in [3.05, 3.63) is 0 Å². The molecule has 2 N–H and O–H groups in total. The number of carbonyl (C=O) groups is 1. The summed E-state index contributed by atoms with van der Waals surface area (Å²) in [6.07, 6.45) is 0.645. The van der Waals surface area contributed by atoms with E-state index in [4.69, 9.17) is 4.74 Å². The molecule has 0 aromatic rings. The van der Waals surface area contributed by atoms with E-state index in [9.17, 15) is 4.79 Å². The molecule has 0 spiro atoms. The number of hydrogen-bond acceptors (Lipinski definition) is 3. The molecule has 0 aliphatic carbocycles. The SMILES string of the molecule is CC(C)CC(C)C(I)(I)NNC(=O)OC(C)(C)C. The molecule has 0 aliphatic heterocycles. The van der Waals surface area contributed by atoms with Gasteiger partial charge in [0.25, 0.3) is 0 Å². The van der Waals surface area contributed by atoms with Crippen molar-refractivity contribution in [3.63, 3.8) is 0 Å². The lowest BCUT2D eigenvalue weighted by Crippen LogP contribution is -2.51. The van der Waals surface area contributed by atoms with Crippen molar-refractivity contribution in [1.82, 2.24) is 10.9 Å². The zero-order valence-corrected chi connectivity index (χ0v) is 16.2. The van der Waals surface area contributed by atoms with Gasteiger partial charge in [-0.05, 0) is 84.2 Å². The van der Waals surface area contributed by atoms with Gasteiger partial charge in [-0.25, -0.2) is 10.2 Å². The van der Waals surface area contributed by atoms with Gasteiger partial charge in [0.2, 0.25) is 0 Å². The largest absolute Gasteiger partial charge is 0.443 e. The molecule has 0 fully saturated rings. The van der Waals surface area contributed by atoms with Crippen molar-refractivity contribution >= 4 is 51.3 Å². The summed E-state index contributed by atoms with van der Waals surface area (Å²) in [4.78, 5) is 11.5. The van der Waals surface area contributed by atoms with Gasteiger partial charge in [-0.1, -0.05) is 20.8 Å². The summed E-state index contributed by atoms with van der Waals surface area (Å²) < 4.78 is 4.95. The minimum Gasteiger partial charge on any atom is -0.443 e. The van der Waals surface area contributed by atoms with Crippen molar-refractivity contribution in [2.75, 3.05) is 0 Å². The highest BCUT2D eigenvalue weighted by molar-refractivity contribution is 14.2. The van der Waals surface area contributed by atoms with Gasteiger partial charge in [0.15, 0.2) is 0 Å². The van der Waals surface area contributed by atoms with E-state index in [1.54, 1.807) is 0 Å². The van der Waals surface area contributed by atoms with Crippen LogP contribution in [0.2, 0.25) is 0 Å². The van der Waals surface area contributed by atoms with Crippen LogP contribution in [0.15, 0.2) is 0 Å². The fourth-order valence-corrected chi connectivity index (χ4v) is 2.19. The maximum atomic E-state index is 11.5. The number of rotatable bonds is 5. The van der Waals surface area contributed by atoms with Crippen molar-refractivity contribution < 1.29 is 9.53 Å². The summed E-state index contributed by atoms with van der Waals surface area (Å²) >= 11 is 4.62. The Balaban J connectivity index is 4.22. The van der Waals surface area contributed by atoms with Crippen LogP contribution in [0.1, 0.15) is 48.0 Å². The summed E-state index contributed by atoms with van der Waals surface area (Å²) in [5.41, 5.74) is 5.17. The molecule has 0 rings (SSSR count). The van der Waals surface area contributed by atoms with Gasteiger partial charge in [0.1, 0.15) is 7.15 Å². The highest BCUT2D eigenvalue weighted by atomic mass is 127. The number of halogens is 2. The number of hydrogen-bond donors (Lipinski definition) is 2. The third kappa shape index (κ3) is 8.73. The lowest BCUT2D eigenvalue weighted by atomic mass is 9.99. The van der Waals surface area contributed by atoms with Crippen LogP contribution in [0, 0.1) is 11.8 Å². The highest BCUT2D eigenvalue weighted by Crippen LogP contribution is 2.36. The van der Waals surface area contributed by atoms with E-state index in [2.05, 4.69) is 76.8 Å². The maximum Gasteiger partial charge on any atom is 0.422 e. The first-order chi connectivity index (χ1) is 7.94. The first-order valence-electron chi connectivity index (χ1n) is 6.08. The summed E-state index contributed by atoms with van der Waals surface area (Å²) in [6, 6.07) is 0. The molecule has 0 aromatic carbocycles. The molecule has 1 unspecified atom stereocenters. The molecule has 1 atom stereocenters. The van der Waals surface area contributed by atoms with Crippen molar-refractivity contribution in [2.45, 2.75) is 55.1 Å². The van der Waals surface area contributed by atoms with Crippen LogP contribution in [0.4, 0.5) is 4.79 Å². The molecule has 0 aliphatic rings. The van der Waals surface area contributed by atoms with Gasteiger partial charge < -0.3 is 4.74 Å². The Hall–Kier alpha value is 0.690. The number of amides is 1. The second-order valence-corrected chi connectivity index (χ2v) is 11.4. The Labute approximate surface area is 138 Å². The van der Waals surface area contributed by atoms with E-state index >= 15 is 0 Å². The number of alkyl halides is 2. The van der Waals surface area contributed by atoms with Crippen molar-refractivity contribution in [3.8, 4) is 0 Å². The van der Waals surface area contributed by atoms with Gasteiger partial charge in [-0.15, -0.1) is 0 Å². The molecule has 6 heteroatoms. The van der Waals surface area contributed by atoms with E-state index in [1.807, 2.05) is 20.8 Å². The van der Waals surface area contributed by atoms with E-state index in [0.29, 0.717) is 11.8 Å². The monoisotopic (exact) mass is 482 g/mol. The maximum absolute atomic E-state index is 11.5. The third-order valence-corrected chi connectivity index (χ3v) is 4.84. The smallest absolute Gasteiger partial charge is 0.422 e. The van der Waals surface area contributed by atoms with Crippen LogP contribution >= 0.6 is 45.2 Å². The second-order valence-electron chi connectivity index (χ2n) is 5.91. The van der Waals surface area contributed by atoms with Crippen LogP contribution in [-0.2, 0) is 4.74 Å². The standard InChI is InChI=1S/C12H24I2N2O2/c1-8(2)7-9(3)12(13,14)16-15-10(17)18-11(4,5)6/h8-9,16H,7H2,1-6H3,(H,15,17). The van der Waals surface area contributed by atoms with E-state index in [1.165, 1.54) is 0 Å². The minimum atomic E-state index is -0.478. The average molecular weight is 482 g/mol. The van der Waals surface area contributed by atoms with Gasteiger partial charge in [-0.2, -0.15) is 0 Å². The Morgan fingerprint density at radius 2 is 1.72 bits per heavy atom. The number of nitrogens with one attached hydrogen (secondary N) is 2. The lowest BCUT2D eigenvalue weighted by Gasteiger charge is -2.31. The first-order valence-corrected chi connectivity index (χ1v) is 8.24. The molecule has 0 aromatic heterocycles. The zero-order chi connectivity index (χ0) is 14.6. The molecule has 0 heterocycles. The molecule has 4 nitrogen and oxygen atoms in total. The molecule has 0 bridgehead atoms. The quantitative estimate of drug-likeness (QED) is 0.267. The Bertz CT molecular complexity index is 276. The van der Waals surface area contributed by atoms with Crippen LogP contribution in [0.3, 0.4) is 0 Å². The van der Waals surface area contributed by atoms with Crippen molar-refractivity contribution in [1.29, 1.82) is 0 Å². The Morgan fingerprint density at radius 3 is 2.11 bits per heavy atom. The topological polar surface area (TPSA) is 50.4 Å². The van der Waals surface area contributed by atoms with Crippen LogP contribution in [-0.4, -0.2) is 13.2 Å². The average Bonchev–Trinajstić information content (AvgIpc) is 2.11. The fraction of sp³-hybridized carbons (Fsp3) is 0.917. The van der Waals surface area contributed by atoms with Crippen LogP contribution in [0.5, 0.6) is 0 Å². The summed E-state index contributed by atoms with van der Waals surface area (Å²) in [5.74, 6) is 1.06. The van der Waals surface area contributed by atoms with Crippen LogP contribution in [0.25, 0.3) is 0 Å². The Kier molecular flexibility index (Phi) is 7.75. The molecular weight excluding hydrogens is 458 g/mol. The summed E-state index contributed by atoms with van der Waals surface area (Å²) in [7, 11) is 0. The molecule has 0 saturated heterocycles. The second kappa shape index (κ2) is 7.47. The predicted molar refractivity (Wildman–Crippen MR) is 91.9 cm³/mol. The van der Waals surface area contributed by atoms with Gasteiger partial charge in [-0.3, -0.25) is 5.43 Å². The Morgan fingerprint density at radius 1 is 1.22 bits per heavy atom. The molecule has 108 valence electrons.